The third kappa shape index (κ3) is 6.03. The Morgan fingerprint density at radius 2 is 2.19 bits per heavy atom. The second kappa shape index (κ2) is 9.76. The highest BCUT2D eigenvalue weighted by atomic mass is 79.9. The quantitative estimate of drug-likeness (QED) is 0.663. The van der Waals surface area contributed by atoms with Gasteiger partial charge in [0.2, 0.25) is 0 Å². The van der Waals surface area contributed by atoms with Crippen LogP contribution in [0.4, 0.5) is 0 Å². The predicted octanol–water partition coefficient (Wildman–Crippen LogP) is 2.09. The van der Waals surface area contributed by atoms with Crippen molar-refractivity contribution in [3.8, 4) is 5.75 Å². The molecular formula is C15H23BrN2O3. The Kier molecular flexibility index (Phi) is 8.34. The van der Waals surface area contributed by atoms with Crippen molar-refractivity contribution in [1.82, 2.24) is 10.6 Å². The summed E-state index contributed by atoms with van der Waals surface area (Å²) in [5, 5.41) is 5.92. The van der Waals surface area contributed by atoms with Gasteiger partial charge in [0.15, 0.2) is 6.10 Å². The first-order valence-electron chi connectivity index (χ1n) is 6.95. The zero-order valence-corrected chi connectivity index (χ0v) is 14.3. The molecule has 2 N–H and O–H groups in total. The second-order valence-corrected chi connectivity index (χ2v) is 5.51. The molecule has 6 heteroatoms. The topological polar surface area (TPSA) is 59.6 Å². The zero-order valence-electron chi connectivity index (χ0n) is 12.7. The average molecular weight is 359 g/mol. The molecule has 1 amide bonds. The lowest BCUT2D eigenvalue weighted by atomic mass is 10.2. The summed E-state index contributed by atoms with van der Waals surface area (Å²) in [7, 11) is 3.51. The number of hydrogen-bond donors (Lipinski definition) is 2. The first-order chi connectivity index (χ1) is 10.1. The molecule has 0 aliphatic heterocycles. The third-order valence-electron chi connectivity index (χ3n) is 2.90. The van der Waals surface area contributed by atoms with Gasteiger partial charge in [0.05, 0.1) is 4.47 Å². The largest absolute Gasteiger partial charge is 0.479 e. The number of benzene rings is 1. The summed E-state index contributed by atoms with van der Waals surface area (Å²) in [4.78, 5) is 12.0. The van der Waals surface area contributed by atoms with E-state index in [4.69, 9.17) is 9.47 Å². The van der Waals surface area contributed by atoms with Crippen LogP contribution in [0, 0.1) is 0 Å². The highest BCUT2D eigenvalue weighted by molar-refractivity contribution is 9.10. The Bertz CT molecular complexity index is 455. The molecule has 0 aromatic heterocycles. The number of amides is 1. The number of carbonyl (C=O) groups excluding carboxylic acids is 1. The molecule has 0 aliphatic rings. The summed E-state index contributed by atoms with van der Waals surface area (Å²) in [6, 6.07) is 5.82. The lowest BCUT2D eigenvalue weighted by molar-refractivity contribution is -0.127. The number of ether oxygens (including phenoxy) is 2. The molecule has 0 saturated heterocycles. The van der Waals surface area contributed by atoms with E-state index < -0.39 is 6.10 Å². The predicted molar refractivity (Wildman–Crippen MR) is 86.5 cm³/mol. The third-order valence-corrected chi connectivity index (χ3v) is 3.53. The van der Waals surface area contributed by atoms with Crippen LogP contribution >= 0.6 is 15.9 Å². The minimum Gasteiger partial charge on any atom is -0.479 e. The monoisotopic (exact) mass is 358 g/mol. The van der Waals surface area contributed by atoms with Crippen molar-refractivity contribution in [2.45, 2.75) is 26.0 Å². The number of carbonyl (C=O) groups is 1. The van der Waals surface area contributed by atoms with E-state index in [1.54, 1.807) is 14.0 Å². The molecule has 0 radical (unpaired) electrons. The number of para-hydroxylation sites is 1. The number of methoxy groups -OCH3 is 1. The number of rotatable bonds is 9. The lowest BCUT2D eigenvalue weighted by Gasteiger charge is -2.18. The molecule has 118 valence electrons. The smallest absolute Gasteiger partial charge is 0.260 e. The Hall–Kier alpha value is -1.11. The van der Waals surface area contributed by atoms with Gasteiger partial charge in [-0.1, -0.05) is 12.1 Å². The molecule has 0 spiro atoms. The fourth-order valence-corrected chi connectivity index (χ4v) is 2.32. The summed E-state index contributed by atoms with van der Waals surface area (Å²) in [5.74, 6) is 0.573. The van der Waals surface area contributed by atoms with Gasteiger partial charge in [0.25, 0.3) is 5.91 Å². The normalized spacial score (nSPS) is 12.0. The van der Waals surface area contributed by atoms with Crippen molar-refractivity contribution in [2.75, 3.05) is 27.3 Å². The Labute approximate surface area is 134 Å². The first-order valence-corrected chi connectivity index (χ1v) is 7.74. The SMILES string of the molecule is CNCc1cccc(Br)c1OC(C)C(=O)NCCCOC. The van der Waals surface area contributed by atoms with Crippen LogP contribution in [0.3, 0.4) is 0 Å². The summed E-state index contributed by atoms with van der Waals surface area (Å²) in [6.07, 6.45) is 0.233. The molecular weight excluding hydrogens is 336 g/mol. The molecule has 0 fully saturated rings. The minimum atomic E-state index is -0.554. The van der Waals surface area contributed by atoms with Gasteiger partial charge in [-0.05, 0) is 42.4 Å². The molecule has 1 aromatic rings. The average Bonchev–Trinajstić information content (AvgIpc) is 2.47. The number of halogens is 1. The molecule has 0 saturated carbocycles. The van der Waals surface area contributed by atoms with Gasteiger partial charge in [-0.3, -0.25) is 4.79 Å². The highest BCUT2D eigenvalue weighted by Gasteiger charge is 2.17. The van der Waals surface area contributed by atoms with Crippen molar-refractivity contribution in [3.05, 3.63) is 28.2 Å². The van der Waals surface area contributed by atoms with Gasteiger partial charge in [-0.15, -0.1) is 0 Å². The number of nitrogens with one attached hydrogen (secondary N) is 2. The molecule has 1 atom stereocenters. The maximum absolute atomic E-state index is 12.0. The number of hydrogen-bond acceptors (Lipinski definition) is 4. The van der Waals surface area contributed by atoms with Crippen molar-refractivity contribution >= 4 is 21.8 Å². The van der Waals surface area contributed by atoms with Crippen LogP contribution in [0.1, 0.15) is 18.9 Å². The summed E-state index contributed by atoms with van der Waals surface area (Å²) >= 11 is 3.47. The Morgan fingerprint density at radius 1 is 1.43 bits per heavy atom. The first kappa shape index (κ1) is 17.9. The Balaban J connectivity index is 2.61. The van der Waals surface area contributed by atoms with Crippen LogP contribution in [-0.4, -0.2) is 39.3 Å². The summed E-state index contributed by atoms with van der Waals surface area (Å²) in [5.41, 5.74) is 1.01. The van der Waals surface area contributed by atoms with Crippen LogP contribution in [0.15, 0.2) is 22.7 Å². The van der Waals surface area contributed by atoms with Gasteiger partial charge in [-0.2, -0.15) is 0 Å². The summed E-state index contributed by atoms with van der Waals surface area (Å²) in [6.45, 7) is 3.64. The lowest BCUT2D eigenvalue weighted by Crippen LogP contribution is -2.37. The van der Waals surface area contributed by atoms with Gasteiger partial charge in [-0.25, -0.2) is 0 Å². The van der Waals surface area contributed by atoms with Gasteiger partial charge in [0.1, 0.15) is 5.75 Å². The van der Waals surface area contributed by atoms with E-state index >= 15 is 0 Å². The van der Waals surface area contributed by atoms with Gasteiger partial charge >= 0.3 is 0 Å². The Morgan fingerprint density at radius 3 is 2.86 bits per heavy atom. The molecule has 21 heavy (non-hydrogen) atoms. The molecule has 5 nitrogen and oxygen atoms in total. The maximum Gasteiger partial charge on any atom is 0.260 e. The van der Waals surface area contributed by atoms with Crippen LogP contribution in [0.2, 0.25) is 0 Å². The second-order valence-electron chi connectivity index (χ2n) is 4.66. The van der Waals surface area contributed by atoms with E-state index in [9.17, 15) is 4.79 Å². The highest BCUT2D eigenvalue weighted by Crippen LogP contribution is 2.30. The molecule has 1 unspecified atom stereocenters. The van der Waals surface area contributed by atoms with Crippen molar-refractivity contribution in [1.29, 1.82) is 0 Å². The van der Waals surface area contributed by atoms with Crippen LogP contribution < -0.4 is 15.4 Å². The molecule has 1 rings (SSSR count). The van der Waals surface area contributed by atoms with E-state index in [2.05, 4.69) is 26.6 Å². The van der Waals surface area contributed by atoms with E-state index in [-0.39, 0.29) is 5.91 Å². The molecule has 0 heterocycles. The van der Waals surface area contributed by atoms with E-state index in [0.29, 0.717) is 25.4 Å². The fourth-order valence-electron chi connectivity index (χ4n) is 1.82. The van der Waals surface area contributed by atoms with Crippen molar-refractivity contribution in [2.24, 2.45) is 0 Å². The van der Waals surface area contributed by atoms with Crippen molar-refractivity contribution in [3.63, 3.8) is 0 Å². The molecule has 0 aliphatic carbocycles. The fraction of sp³-hybridized carbons (Fsp3) is 0.533. The van der Waals surface area contributed by atoms with Gasteiger partial charge in [0, 0.05) is 32.4 Å². The van der Waals surface area contributed by atoms with Crippen LogP contribution in [0.25, 0.3) is 0 Å². The van der Waals surface area contributed by atoms with Crippen molar-refractivity contribution < 1.29 is 14.3 Å². The van der Waals surface area contributed by atoms with Crippen LogP contribution in [-0.2, 0) is 16.1 Å². The zero-order chi connectivity index (χ0) is 15.7. The van der Waals surface area contributed by atoms with E-state index in [1.807, 2.05) is 25.2 Å². The standard InChI is InChI=1S/C15H23BrN2O3/c1-11(15(19)18-8-5-9-20-3)21-14-12(10-17-2)6-4-7-13(14)16/h4,6-7,11,17H,5,8-10H2,1-3H3,(H,18,19). The molecule has 1 aromatic carbocycles. The molecule has 0 bridgehead atoms. The van der Waals surface area contributed by atoms with E-state index in [1.165, 1.54) is 0 Å². The van der Waals surface area contributed by atoms with Crippen LogP contribution in [0.5, 0.6) is 5.75 Å². The minimum absolute atomic E-state index is 0.128. The van der Waals surface area contributed by atoms with Gasteiger partial charge < -0.3 is 20.1 Å². The maximum atomic E-state index is 12.0. The summed E-state index contributed by atoms with van der Waals surface area (Å²) < 4.78 is 11.6. The van der Waals surface area contributed by atoms with E-state index in [0.717, 1.165) is 16.5 Å².